The maximum Gasteiger partial charge on any atom is 0.220 e. The molecular weight excluding hydrogens is 334 g/mol. The molecule has 1 saturated heterocycles. The smallest absolute Gasteiger partial charge is 0.220 e. The molecule has 1 fully saturated rings. The number of hydrogen-bond acceptors (Lipinski definition) is 3. The third kappa shape index (κ3) is 5.28. The molecule has 0 aliphatic carbocycles. The fraction of sp³-hybridized carbons (Fsp3) is 0.400. The summed E-state index contributed by atoms with van der Waals surface area (Å²) in [6.07, 6.45) is 7.20. The molecule has 2 heterocycles. The van der Waals surface area contributed by atoms with Crippen LogP contribution in [0.25, 0.3) is 0 Å². The Bertz CT molecular complexity index is 669. The second-order valence-corrected chi connectivity index (χ2v) is 6.91. The zero-order chi connectivity index (χ0) is 17.5. The van der Waals surface area contributed by atoms with Gasteiger partial charge in [-0.2, -0.15) is 0 Å². The average molecular weight is 358 g/mol. The van der Waals surface area contributed by atoms with E-state index in [1.54, 1.807) is 6.20 Å². The van der Waals surface area contributed by atoms with Gasteiger partial charge in [0, 0.05) is 30.4 Å². The highest BCUT2D eigenvalue weighted by Gasteiger charge is 2.23. The van der Waals surface area contributed by atoms with Crippen LogP contribution in [0.4, 0.5) is 0 Å². The van der Waals surface area contributed by atoms with Gasteiger partial charge in [-0.1, -0.05) is 29.8 Å². The topological polar surface area (TPSA) is 45.2 Å². The van der Waals surface area contributed by atoms with E-state index in [9.17, 15) is 4.79 Å². The lowest BCUT2D eigenvalue weighted by molar-refractivity contribution is -0.121. The quantitative estimate of drug-likeness (QED) is 0.823. The van der Waals surface area contributed by atoms with E-state index >= 15 is 0 Å². The maximum absolute atomic E-state index is 12.2. The number of amides is 1. The second kappa shape index (κ2) is 8.97. The number of halogens is 1. The molecule has 3 rings (SSSR count). The summed E-state index contributed by atoms with van der Waals surface area (Å²) in [5.74, 6) is 0.0852. The number of aryl methyl sites for hydroxylation is 1. The van der Waals surface area contributed by atoms with Crippen LogP contribution in [0.2, 0.25) is 5.02 Å². The van der Waals surface area contributed by atoms with Crippen LogP contribution in [0.5, 0.6) is 0 Å². The largest absolute Gasteiger partial charge is 0.354 e. The van der Waals surface area contributed by atoms with E-state index < -0.39 is 0 Å². The van der Waals surface area contributed by atoms with Gasteiger partial charge in [0.15, 0.2) is 0 Å². The van der Waals surface area contributed by atoms with E-state index in [-0.39, 0.29) is 11.9 Å². The summed E-state index contributed by atoms with van der Waals surface area (Å²) >= 11 is 6.01. The minimum absolute atomic E-state index is 0.0852. The van der Waals surface area contributed by atoms with Gasteiger partial charge < -0.3 is 5.32 Å². The second-order valence-electron chi connectivity index (χ2n) is 6.48. The maximum atomic E-state index is 12.2. The van der Waals surface area contributed by atoms with E-state index in [2.05, 4.69) is 27.3 Å². The molecular formula is C20H24ClN3O. The number of carbonyl (C=O) groups is 1. The van der Waals surface area contributed by atoms with Gasteiger partial charge in [0.2, 0.25) is 5.91 Å². The molecule has 1 N–H and O–H groups in total. The van der Waals surface area contributed by atoms with E-state index in [4.69, 9.17) is 11.6 Å². The highest BCUT2D eigenvalue weighted by molar-refractivity contribution is 6.30. The van der Waals surface area contributed by atoms with Crippen LogP contribution in [0.1, 0.15) is 36.4 Å². The van der Waals surface area contributed by atoms with Crippen LogP contribution in [-0.2, 0) is 11.2 Å². The summed E-state index contributed by atoms with van der Waals surface area (Å²) < 4.78 is 0. The molecule has 0 unspecified atom stereocenters. The van der Waals surface area contributed by atoms with Gasteiger partial charge in [-0.05, 0) is 61.7 Å². The number of pyridine rings is 1. The number of benzene rings is 1. The number of nitrogens with one attached hydrogen (secondary N) is 1. The van der Waals surface area contributed by atoms with E-state index in [1.807, 2.05) is 30.5 Å². The van der Waals surface area contributed by atoms with E-state index in [0.29, 0.717) is 13.0 Å². The van der Waals surface area contributed by atoms with Crippen molar-refractivity contribution in [3.63, 3.8) is 0 Å². The Labute approximate surface area is 154 Å². The predicted octanol–water partition coefficient (Wildman–Crippen LogP) is 3.62. The Hall–Kier alpha value is -1.91. The lowest BCUT2D eigenvalue weighted by Gasteiger charge is -2.28. The van der Waals surface area contributed by atoms with Crippen molar-refractivity contribution in [2.75, 3.05) is 19.6 Å². The van der Waals surface area contributed by atoms with Crippen molar-refractivity contribution >= 4 is 17.5 Å². The fourth-order valence-corrected chi connectivity index (χ4v) is 3.42. The molecule has 5 heteroatoms. The first kappa shape index (κ1) is 17.9. The van der Waals surface area contributed by atoms with Gasteiger partial charge >= 0.3 is 0 Å². The lowest BCUT2D eigenvalue weighted by atomic mass is 10.1. The highest BCUT2D eigenvalue weighted by atomic mass is 35.5. The van der Waals surface area contributed by atoms with Gasteiger partial charge in [-0.25, -0.2) is 0 Å². The van der Waals surface area contributed by atoms with Crippen molar-refractivity contribution < 1.29 is 4.79 Å². The lowest BCUT2D eigenvalue weighted by Crippen LogP contribution is -2.36. The summed E-state index contributed by atoms with van der Waals surface area (Å²) in [6.45, 7) is 2.80. The van der Waals surface area contributed by atoms with E-state index in [0.717, 1.165) is 30.1 Å². The standard InChI is InChI=1S/C20H24ClN3O/c21-18-8-6-17(7-9-18)19(24-12-1-2-13-24)15-23-20(25)10-5-16-4-3-11-22-14-16/h3-4,6-9,11,14,19H,1-2,5,10,12-13,15H2,(H,23,25)/t19-/m1/s1. The number of nitrogens with zero attached hydrogens (tertiary/aromatic N) is 2. The van der Waals surface area contributed by atoms with Crippen LogP contribution in [0.3, 0.4) is 0 Å². The molecule has 1 atom stereocenters. The predicted molar refractivity (Wildman–Crippen MR) is 101 cm³/mol. The molecule has 1 aromatic heterocycles. The van der Waals surface area contributed by atoms with Crippen LogP contribution < -0.4 is 5.32 Å². The monoisotopic (exact) mass is 357 g/mol. The molecule has 0 saturated carbocycles. The first-order valence-corrected chi connectivity index (χ1v) is 9.25. The number of hydrogen-bond donors (Lipinski definition) is 1. The molecule has 0 spiro atoms. The summed E-state index contributed by atoms with van der Waals surface area (Å²) in [5.41, 5.74) is 2.30. The molecule has 1 amide bonds. The first-order valence-electron chi connectivity index (χ1n) is 8.87. The number of carbonyl (C=O) groups excluding carboxylic acids is 1. The molecule has 2 aromatic rings. The molecule has 0 radical (unpaired) electrons. The van der Waals surface area contributed by atoms with Crippen molar-refractivity contribution in [1.82, 2.24) is 15.2 Å². The Morgan fingerprint density at radius 1 is 1.20 bits per heavy atom. The molecule has 1 aliphatic rings. The molecule has 1 aromatic carbocycles. The minimum atomic E-state index is 0.0852. The molecule has 1 aliphatic heterocycles. The summed E-state index contributed by atoms with van der Waals surface area (Å²) in [5, 5.41) is 3.85. The molecule has 132 valence electrons. The first-order chi connectivity index (χ1) is 12.2. The Morgan fingerprint density at radius 2 is 1.96 bits per heavy atom. The normalized spacial score (nSPS) is 15.9. The van der Waals surface area contributed by atoms with Gasteiger partial charge in [-0.15, -0.1) is 0 Å². The minimum Gasteiger partial charge on any atom is -0.354 e. The van der Waals surface area contributed by atoms with Gasteiger partial charge in [0.1, 0.15) is 0 Å². The van der Waals surface area contributed by atoms with Crippen molar-refractivity contribution in [2.45, 2.75) is 31.7 Å². The average Bonchev–Trinajstić information content (AvgIpc) is 3.17. The number of aromatic nitrogens is 1. The van der Waals surface area contributed by atoms with Crippen molar-refractivity contribution in [3.05, 3.63) is 64.9 Å². The zero-order valence-electron chi connectivity index (χ0n) is 14.3. The van der Waals surface area contributed by atoms with E-state index in [1.165, 1.54) is 18.4 Å². The van der Waals surface area contributed by atoms with Crippen molar-refractivity contribution in [1.29, 1.82) is 0 Å². The fourth-order valence-electron chi connectivity index (χ4n) is 3.30. The van der Waals surface area contributed by atoms with Gasteiger partial charge in [0.25, 0.3) is 0 Å². The SMILES string of the molecule is O=C(CCc1cccnc1)NC[C@H](c1ccc(Cl)cc1)N1CCCC1. The number of likely N-dealkylation sites (tertiary alicyclic amines) is 1. The summed E-state index contributed by atoms with van der Waals surface area (Å²) in [4.78, 5) is 18.8. The van der Waals surface area contributed by atoms with Gasteiger partial charge in [-0.3, -0.25) is 14.7 Å². The molecule has 25 heavy (non-hydrogen) atoms. The Balaban J connectivity index is 1.56. The number of rotatable bonds is 7. The third-order valence-electron chi connectivity index (χ3n) is 4.69. The zero-order valence-corrected chi connectivity index (χ0v) is 15.1. The summed E-state index contributed by atoms with van der Waals surface area (Å²) in [7, 11) is 0. The molecule has 4 nitrogen and oxygen atoms in total. The van der Waals surface area contributed by atoms with Gasteiger partial charge in [0.05, 0.1) is 6.04 Å². The van der Waals surface area contributed by atoms with Crippen molar-refractivity contribution in [2.24, 2.45) is 0 Å². The van der Waals surface area contributed by atoms with Crippen LogP contribution >= 0.6 is 11.6 Å². The van der Waals surface area contributed by atoms with Crippen LogP contribution in [-0.4, -0.2) is 35.4 Å². The highest BCUT2D eigenvalue weighted by Crippen LogP contribution is 2.25. The summed E-state index contributed by atoms with van der Waals surface area (Å²) in [6, 6.07) is 12.1. The van der Waals surface area contributed by atoms with Crippen LogP contribution in [0, 0.1) is 0 Å². The van der Waals surface area contributed by atoms with Crippen LogP contribution in [0.15, 0.2) is 48.8 Å². The third-order valence-corrected chi connectivity index (χ3v) is 4.94. The Kier molecular flexibility index (Phi) is 6.42. The molecule has 0 bridgehead atoms. The van der Waals surface area contributed by atoms with Crippen molar-refractivity contribution in [3.8, 4) is 0 Å². The Morgan fingerprint density at radius 3 is 2.64 bits per heavy atom.